The lowest BCUT2D eigenvalue weighted by Gasteiger charge is -2.37. The number of amides is 2. The minimum atomic E-state index is -3.70. The van der Waals surface area contributed by atoms with Crippen molar-refractivity contribution < 1.29 is 27.5 Å². The molecule has 1 saturated heterocycles. The quantitative estimate of drug-likeness (QED) is 0.655. The molecular formula is C19H29N3O6S. The van der Waals surface area contributed by atoms with Gasteiger partial charge < -0.3 is 19.3 Å². The molecule has 0 aromatic heterocycles. The van der Waals surface area contributed by atoms with Gasteiger partial charge >= 0.3 is 6.09 Å². The third kappa shape index (κ3) is 5.75. The highest BCUT2D eigenvalue weighted by Crippen LogP contribution is 2.25. The van der Waals surface area contributed by atoms with Crippen molar-refractivity contribution in [3.8, 4) is 5.75 Å². The first kappa shape index (κ1) is 22.8. The molecule has 0 unspecified atom stereocenters. The fourth-order valence-electron chi connectivity index (χ4n) is 3.25. The number of carbonyl (C=O) groups excluding carboxylic acids is 2. The lowest BCUT2D eigenvalue weighted by Crippen LogP contribution is -2.56. The Kier molecular flexibility index (Phi) is 7.72. The van der Waals surface area contributed by atoms with Crippen LogP contribution in [0.3, 0.4) is 0 Å². The third-order valence-corrected chi connectivity index (χ3v) is 5.83. The first-order valence-corrected chi connectivity index (χ1v) is 11.5. The third-order valence-electron chi connectivity index (χ3n) is 4.59. The van der Waals surface area contributed by atoms with Gasteiger partial charge in [-0.25, -0.2) is 13.2 Å². The van der Waals surface area contributed by atoms with Crippen molar-refractivity contribution in [3.63, 3.8) is 0 Å². The summed E-state index contributed by atoms with van der Waals surface area (Å²) >= 11 is 0. The molecule has 1 atom stereocenters. The summed E-state index contributed by atoms with van der Waals surface area (Å²) in [4.78, 5) is 27.9. The van der Waals surface area contributed by atoms with E-state index in [1.165, 1.54) is 0 Å². The van der Waals surface area contributed by atoms with Gasteiger partial charge in [-0.05, 0) is 45.0 Å². The lowest BCUT2D eigenvalue weighted by molar-refractivity contribution is -0.133. The predicted molar refractivity (Wildman–Crippen MR) is 110 cm³/mol. The van der Waals surface area contributed by atoms with Crippen LogP contribution in [0, 0.1) is 0 Å². The number of benzene rings is 1. The van der Waals surface area contributed by atoms with Gasteiger partial charge in [-0.3, -0.25) is 9.10 Å². The van der Waals surface area contributed by atoms with E-state index >= 15 is 0 Å². The monoisotopic (exact) mass is 427 g/mol. The van der Waals surface area contributed by atoms with Gasteiger partial charge in [0.05, 0.1) is 25.2 Å². The van der Waals surface area contributed by atoms with E-state index in [9.17, 15) is 18.0 Å². The molecule has 0 bridgehead atoms. The highest BCUT2D eigenvalue weighted by molar-refractivity contribution is 7.92. The van der Waals surface area contributed by atoms with E-state index in [1.807, 2.05) is 6.92 Å². The highest BCUT2D eigenvalue weighted by atomic mass is 32.2. The van der Waals surface area contributed by atoms with Gasteiger partial charge in [-0.2, -0.15) is 0 Å². The van der Waals surface area contributed by atoms with Gasteiger partial charge in [0, 0.05) is 26.2 Å². The van der Waals surface area contributed by atoms with Gasteiger partial charge in [0.25, 0.3) is 0 Å². The minimum Gasteiger partial charge on any atom is -0.494 e. The maximum atomic E-state index is 13.0. The molecule has 29 heavy (non-hydrogen) atoms. The number of ether oxygens (including phenoxy) is 2. The number of piperazine rings is 1. The summed E-state index contributed by atoms with van der Waals surface area (Å²) in [5.41, 5.74) is 0.391. The molecule has 0 spiro atoms. The highest BCUT2D eigenvalue weighted by Gasteiger charge is 2.34. The molecule has 0 saturated carbocycles. The summed E-state index contributed by atoms with van der Waals surface area (Å²) in [5.74, 6) is 0.312. The minimum absolute atomic E-state index is 0.292. The Hall–Kier alpha value is -2.49. The predicted octanol–water partition coefficient (Wildman–Crippen LogP) is 1.54. The Morgan fingerprint density at radius 2 is 1.59 bits per heavy atom. The summed E-state index contributed by atoms with van der Waals surface area (Å²) in [6.07, 6.45) is 0.672. The number of hydrogen-bond donors (Lipinski definition) is 0. The van der Waals surface area contributed by atoms with E-state index in [0.717, 1.165) is 10.6 Å². The van der Waals surface area contributed by atoms with Gasteiger partial charge in [0.1, 0.15) is 11.8 Å². The summed E-state index contributed by atoms with van der Waals surface area (Å²) in [6, 6.07) is 5.67. The second-order valence-electron chi connectivity index (χ2n) is 6.67. The zero-order valence-corrected chi connectivity index (χ0v) is 18.1. The normalized spacial score (nSPS) is 15.6. The average molecular weight is 428 g/mol. The number of nitrogens with zero attached hydrogens (tertiary/aromatic N) is 3. The fourth-order valence-corrected chi connectivity index (χ4v) is 4.42. The average Bonchev–Trinajstić information content (AvgIpc) is 2.68. The van der Waals surface area contributed by atoms with Crippen LogP contribution in [0.4, 0.5) is 10.5 Å². The molecule has 162 valence electrons. The van der Waals surface area contributed by atoms with E-state index in [-0.39, 0.29) is 5.91 Å². The van der Waals surface area contributed by atoms with Gasteiger partial charge in [-0.1, -0.05) is 0 Å². The Morgan fingerprint density at radius 1 is 1.03 bits per heavy atom. The van der Waals surface area contributed by atoms with Gasteiger partial charge in [0.15, 0.2) is 0 Å². The van der Waals surface area contributed by atoms with Crippen LogP contribution in [0.5, 0.6) is 5.75 Å². The SMILES string of the molecule is CCOC(=O)N1CCN(C(=O)[C@@H](C)N(c2ccc(OCC)cc2)S(C)(=O)=O)CC1. The summed E-state index contributed by atoms with van der Waals surface area (Å²) in [7, 11) is -3.70. The fraction of sp³-hybridized carbons (Fsp3) is 0.579. The van der Waals surface area contributed by atoms with Crippen LogP contribution in [0.1, 0.15) is 20.8 Å². The van der Waals surface area contributed by atoms with E-state index in [1.54, 1.807) is 47.9 Å². The Morgan fingerprint density at radius 3 is 2.07 bits per heavy atom. The maximum Gasteiger partial charge on any atom is 0.409 e. The van der Waals surface area contributed by atoms with Crippen molar-refractivity contribution in [2.24, 2.45) is 0 Å². The number of sulfonamides is 1. The van der Waals surface area contributed by atoms with Gasteiger partial charge in [-0.15, -0.1) is 0 Å². The molecule has 1 aliphatic heterocycles. The van der Waals surface area contributed by atoms with E-state index in [2.05, 4.69) is 0 Å². The molecule has 0 aliphatic carbocycles. The van der Waals surface area contributed by atoms with Crippen LogP contribution in [-0.2, 0) is 19.6 Å². The summed E-state index contributed by atoms with van der Waals surface area (Å²) < 4.78 is 36.4. The number of rotatable bonds is 7. The van der Waals surface area contributed by atoms with Crippen molar-refractivity contribution in [2.75, 3.05) is 50.0 Å². The molecule has 1 aliphatic rings. The van der Waals surface area contributed by atoms with E-state index in [0.29, 0.717) is 50.8 Å². The molecule has 10 heteroatoms. The molecule has 1 aromatic rings. The van der Waals surface area contributed by atoms with Crippen molar-refractivity contribution >= 4 is 27.7 Å². The molecule has 9 nitrogen and oxygen atoms in total. The van der Waals surface area contributed by atoms with Crippen LogP contribution in [-0.4, -0.2) is 81.9 Å². The maximum absolute atomic E-state index is 13.0. The smallest absolute Gasteiger partial charge is 0.409 e. The van der Waals surface area contributed by atoms with Gasteiger partial charge in [0.2, 0.25) is 15.9 Å². The zero-order valence-electron chi connectivity index (χ0n) is 17.3. The number of carbonyl (C=O) groups is 2. The molecule has 1 fully saturated rings. The molecular weight excluding hydrogens is 398 g/mol. The Bertz CT molecular complexity index is 804. The Balaban J connectivity index is 2.12. The Labute approximate surface area is 172 Å². The second-order valence-corrected chi connectivity index (χ2v) is 8.53. The molecule has 1 aromatic carbocycles. The van der Waals surface area contributed by atoms with Crippen molar-refractivity contribution in [1.29, 1.82) is 0 Å². The van der Waals surface area contributed by atoms with Crippen molar-refractivity contribution in [3.05, 3.63) is 24.3 Å². The van der Waals surface area contributed by atoms with E-state index < -0.39 is 22.2 Å². The first-order valence-electron chi connectivity index (χ1n) is 9.61. The number of anilines is 1. The molecule has 0 N–H and O–H groups in total. The summed E-state index contributed by atoms with van der Waals surface area (Å²) in [5, 5.41) is 0. The van der Waals surface area contributed by atoms with E-state index in [4.69, 9.17) is 9.47 Å². The van der Waals surface area contributed by atoms with Crippen LogP contribution < -0.4 is 9.04 Å². The zero-order chi connectivity index (χ0) is 21.6. The summed E-state index contributed by atoms with van der Waals surface area (Å²) in [6.45, 7) is 7.29. The standard InChI is InChI=1S/C19H29N3O6S/c1-5-27-17-9-7-16(8-10-17)22(29(4,25)26)15(3)18(23)20-11-13-21(14-12-20)19(24)28-6-2/h7-10,15H,5-6,11-14H2,1-4H3/t15-/m1/s1. The van der Waals surface area contributed by atoms with Crippen LogP contribution in [0.25, 0.3) is 0 Å². The lowest BCUT2D eigenvalue weighted by atomic mass is 10.2. The largest absolute Gasteiger partial charge is 0.494 e. The second kappa shape index (κ2) is 9.82. The molecule has 1 heterocycles. The van der Waals surface area contributed by atoms with Crippen LogP contribution in [0.2, 0.25) is 0 Å². The topological polar surface area (TPSA) is 96.5 Å². The molecule has 2 rings (SSSR count). The van der Waals surface area contributed by atoms with Crippen molar-refractivity contribution in [1.82, 2.24) is 9.80 Å². The molecule has 2 amide bonds. The number of hydrogen-bond acceptors (Lipinski definition) is 6. The van der Waals surface area contributed by atoms with Crippen LogP contribution >= 0.6 is 0 Å². The first-order chi connectivity index (χ1) is 13.7. The van der Waals surface area contributed by atoms with Crippen molar-refractivity contribution in [2.45, 2.75) is 26.8 Å². The van der Waals surface area contributed by atoms with Crippen LogP contribution in [0.15, 0.2) is 24.3 Å². The molecule has 0 radical (unpaired) electrons.